The molecule has 2 aliphatic carbocycles. The first-order valence-corrected chi connectivity index (χ1v) is 31.7. The summed E-state index contributed by atoms with van der Waals surface area (Å²) in [7, 11) is 0.0409. The number of amides is 6. The van der Waals surface area contributed by atoms with Gasteiger partial charge in [-0.25, -0.2) is 14.8 Å². The van der Waals surface area contributed by atoms with E-state index in [0.29, 0.717) is 114 Å². The van der Waals surface area contributed by atoms with Gasteiger partial charge < -0.3 is 73.5 Å². The summed E-state index contributed by atoms with van der Waals surface area (Å²) < 4.78 is 88.7. The molecule has 0 aliphatic heterocycles. The molecular weight excluding hydrogens is 1180 g/mol. The van der Waals surface area contributed by atoms with Crippen molar-refractivity contribution in [3.8, 4) is 17.6 Å². The van der Waals surface area contributed by atoms with Crippen LogP contribution in [0.15, 0.2) is 36.0 Å². The van der Waals surface area contributed by atoms with Gasteiger partial charge in [-0.1, -0.05) is 0 Å². The van der Waals surface area contributed by atoms with Gasteiger partial charge >= 0.3 is 6.09 Å². The molecule has 1 aromatic carbocycles. The molecule has 4 atom stereocenters. The molecule has 1 fully saturated rings. The molecule has 2 heterocycles. The van der Waals surface area contributed by atoms with Crippen molar-refractivity contribution in [3.05, 3.63) is 47.2 Å². The van der Waals surface area contributed by atoms with E-state index < -0.39 is 51.6 Å². The van der Waals surface area contributed by atoms with E-state index in [1.807, 2.05) is 5.38 Å². The number of nitrogens with one attached hydrogen (secondary N) is 4. The van der Waals surface area contributed by atoms with Crippen molar-refractivity contribution in [2.24, 2.45) is 17.8 Å². The first-order valence-electron chi connectivity index (χ1n) is 29.2. The predicted octanol–water partition coefficient (Wildman–Crippen LogP) is 2.86. The zero-order chi connectivity index (χ0) is 62.5. The van der Waals surface area contributed by atoms with E-state index in [1.54, 1.807) is 28.9 Å². The Kier molecular flexibility index (Phi) is 33.9. The van der Waals surface area contributed by atoms with E-state index >= 15 is 0 Å². The molecule has 0 bridgehead atoms. The fourth-order valence-electron chi connectivity index (χ4n) is 9.06. The molecule has 0 saturated heterocycles. The Balaban J connectivity index is 0.802. The smallest absolute Gasteiger partial charge is 0.409 e. The third-order valence-corrected chi connectivity index (χ3v) is 15.4. The van der Waals surface area contributed by atoms with Gasteiger partial charge in [0.2, 0.25) is 17.7 Å². The summed E-state index contributed by atoms with van der Waals surface area (Å²) in [5.74, 6) is 5.25. The lowest BCUT2D eigenvalue weighted by Crippen LogP contribution is -2.48. The van der Waals surface area contributed by atoms with Crippen molar-refractivity contribution >= 4 is 67.7 Å². The van der Waals surface area contributed by atoms with Crippen LogP contribution in [0.25, 0.3) is 4.96 Å². The van der Waals surface area contributed by atoms with Crippen LogP contribution in [-0.4, -0.2) is 240 Å². The van der Waals surface area contributed by atoms with Gasteiger partial charge in [0.25, 0.3) is 21.9 Å². The molecule has 2 aromatic heterocycles. The monoisotopic (exact) mass is 1270 g/mol. The van der Waals surface area contributed by atoms with Gasteiger partial charge in [-0.2, -0.15) is 8.42 Å². The molecule has 5 rings (SSSR count). The molecule has 5 N–H and O–H groups in total. The number of aromatic nitrogens is 2. The third-order valence-electron chi connectivity index (χ3n) is 13.8. The fourth-order valence-corrected chi connectivity index (χ4v) is 10.3. The Labute approximate surface area is 512 Å². The predicted molar refractivity (Wildman–Crippen MR) is 317 cm³/mol. The number of imidazole rings is 1. The minimum atomic E-state index is -4.15. The van der Waals surface area contributed by atoms with E-state index in [1.165, 1.54) is 43.6 Å². The molecule has 3 aromatic rings. The number of fused-ring (bicyclic) bond motifs is 2. The van der Waals surface area contributed by atoms with Crippen LogP contribution in [-0.2, 0) is 72.0 Å². The molecular formula is C57H86N8O20S2. The largest absolute Gasteiger partial charge is 0.496 e. The highest BCUT2D eigenvalue weighted by atomic mass is 32.2. The molecule has 1 saturated carbocycles. The lowest BCUT2D eigenvalue weighted by molar-refractivity contribution is -0.168. The topological polar surface area (TPSA) is 330 Å². The van der Waals surface area contributed by atoms with Crippen molar-refractivity contribution in [2.45, 2.75) is 63.8 Å². The number of hydrogen-bond donors (Lipinski definition) is 5. The first-order chi connectivity index (χ1) is 42.2. The molecule has 87 heavy (non-hydrogen) atoms. The molecule has 0 unspecified atom stereocenters. The zero-order valence-corrected chi connectivity index (χ0v) is 51.6. The molecule has 2 aliphatic rings. The number of carbonyl (C=O) groups excluding carboxylic acids is 6. The van der Waals surface area contributed by atoms with Crippen LogP contribution in [0.1, 0.15) is 78.6 Å². The second-order valence-corrected chi connectivity index (χ2v) is 22.4. The summed E-state index contributed by atoms with van der Waals surface area (Å²) in [6.07, 6.45) is 6.80. The maximum atomic E-state index is 13.2. The van der Waals surface area contributed by atoms with Crippen molar-refractivity contribution in [1.82, 2.24) is 35.3 Å². The summed E-state index contributed by atoms with van der Waals surface area (Å²) in [6, 6.07) is 3.60. The Bertz CT molecular complexity index is 2690. The number of rotatable bonds is 47. The number of hydroxylamine groups is 2. The second-order valence-electron chi connectivity index (χ2n) is 20.0. The summed E-state index contributed by atoms with van der Waals surface area (Å²) in [5, 5.41) is 13.8. The minimum absolute atomic E-state index is 0.00178. The number of benzene rings is 1. The molecule has 486 valence electrons. The normalized spacial score (nSPS) is 15.7. The fraction of sp³-hybridized carbons (Fsp3) is 0.667. The number of carbonyl (C=O) groups is 6. The van der Waals surface area contributed by atoms with Gasteiger partial charge in [0.1, 0.15) is 17.5 Å². The second kappa shape index (κ2) is 41.2. The molecule has 0 radical (unpaired) electrons. The van der Waals surface area contributed by atoms with Gasteiger partial charge in [-0.15, -0.1) is 23.2 Å². The van der Waals surface area contributed by atoms with Gasteiger partial charge in [0.15, 0.2) is 4.96 Å². The van der Waals surface area contributed by atoms with Gasteiger partial charge in [-0.05, 0) is 68.1 Å². The highest BCUT2D eigenvalue weighted by molar-refractivity contribution is 7.85. The van der Waals surface area contributed by atoms with Crippen LogP contribution in [0.2, 0.25) is 0 Å². The number of thiazole rings is 1. The van der Waals surface area contributed by atoms with E-state index in [2.05, 4.69) is 38.1 Å². The van der Waals surface area contributed by atoms with Crippen LogP contribution in [0, 0.1) is 29.6 Å². The quantitative estimate of drug-likeness (QED) is 0.0235. The zero-order valence-electron chi connectivity index (χ0n) is 50.0. The molecule has 30 heteroatoms. The van der Waals surface area contributed by atoms with Crippen LogP contribution in [0.5, 0.6) is 5.75 Å². The first kappa shape index (κ1) is 71.7. The standard InChI is InChI=1S/C57H86N8O20S2/c1-63(76-3)52(67)16-14-48(61-51(66)12-8-17-58-53(68)46-40-43(13-15-50(46)75-2)60-55(70)49-41-65-21-38-86-56(65)62-49)54(69)59-18-22-77-24-26-79-28-30-81-32-34-83-36-37-84-35-33-82-31-29-80-27-25-78-23-20-64(19-9-39-87(72,73)74)57(71)85-42-47-44-10-6-4-5-7-11-45(44)47/h13,15,21,38,40-41,44-45,47-48H,6-12,14,16-20,22-37,39,42H2,1-3H3,(H,58,68)(H,59,69)(H,60,70)(H,61,66)(H,72,73,74)/t44-,45+,47+,48-/m0/s1. The average molecular weight is 1270 g/mol. The van der Waals surface area contributed by atoms with Crippen LogP contribution < -0.4 is 26.0 Å². The van der Waals surface area contributed by atoms with Crippen LogP contribution >= 0.6 is 11.3 Å². The Hall–Kier alpha value is -6.08. The van der Waals surface area contributed by atoms with Crippen molar-refractivity contribution in [2.75, 3.05) is 171 Å². The number of methoxy groups -OCH3 is 1. The van der Waals surface area contributed by atoms with E-state index in [4.69, 9.17) is 56.8 Å². The van der Waals surface area contributed by atoms with Gasteiger partial charge in [0.05, 0.1) is 138 Å². The maximum absolute atomic E-state index is 13.2. The van der Waals surface area contributed by atoms with Crippen molar-refractivity contribution < 1.29 is 93.9 Å². The number of hydrogen-bond acceptors (Lipinski definition) is 21. The van der Waals surface area contributed by atoms with Crippen molar-refractivity contribution in [3.63, 3.8) is 0 Å². The minimum Gasteiger partial charge on any atom is -0.496 e. The average Bonchev–Trinajstić information content (AvgIpc) is 1.75. The highest BCUT2D eigenvalue weighted by Crippen LogP contribution is 2.52. The Morgan fingerprint density at radius 3 is 1.90 bits per heavy atom. The lowest BCUT2D eigenvalue weighted by atomic mass is 10.1. The van der Waals surface area contributed by atoms with E-state index in [0.717, 1.165) is 30.7 Å². The number of ether oxygens (including phenoxy) is 10. The summed E-state index contributed by atoms with van der Waals surface area (Å²) >= 11 is 1.39. The Morgan fingerprint density at radius 2 is 1.33 bits per heavy atom. The van der Waals surface area contributed by atoms with Crippen LogP contribution in [0.4, 0.5) is 10.5 Å². The van der Waals surface area contributed by atoms with E-state index in [9.17, 15) is 37.2 Å². The van der Waals surface area contributed by atoms with Crippen LogP contribution in [0.3, 0.4) is 0 Å². The SMILES string of the molecule is COc1ccc(NC(=O)c2cn3ccsc3n2)cc1C(=O)NCCCC(=O)N[C@@H](CCC(=O)N(C)OC)C(=O)NCCOCCOCCOCCOCCOCCOCCOCCOCCN(CCCS(=O)(=O)O)C(=O)OC[C@H]1[C@@H]2CCC#CCC[C@@H]21. The molecule has 28 nitrogen and oxygen atoms in total. The Morgan fingerprint density at radius 1 is 0.747 bits per heavy atom. The summed E-state index contributed by atoms with van der Waals surface area (Å²) in [4.78, 5) is 88.9. The van der Waals surface area contributed by atoms with E-state index in [-0.39, 0.29) is 108 Å². The summed E-state index contributed by atoms with van der Waals surface area (Å²) in [6.45, 7) is 6.13. The molecule has 6 amide bonds. The maximum Gasteiger partial charge on any atom is 0.409 e. The highest BCUT2D eigenvalue weighted by Gasteiger charge is 2.49. The molecule has 0 spiro atoms. The van der Waals surface area contributed by atoms with Crippen molar-refractivity contribution in [1.29, 1.82) is 0 Å². The lowest BCUT2D eigenvalue weighted by Gasteiger charge is -2.22. The summed E-state index contributed by atoms with van der Waals surface area (Å²) in [5.41, 5.74) is 0.734. The van der Waals surface area contributed by atoms with Gasteiger partial charge in [0, 0.05) is 82.4 Å². The van der Waals surface area contributed by atoms with Gasteiger partial charge in [-0.3, -0.25) is 37.8 Å². The number of nitrogens with zero attached hydrogens (tertiary/aromatic N) is 4. The number of anilines is 1. The third kappa shape index (κ3) is 28.7.